The van der Waals surface area contributed by atoms with E-state index in [0.717, 1.165) is 6.54 Å². The van der Waals surface area contributed by atoms with Crippen molar-refractivity contribution >= 4 is 5.91 Å². The van der Waals surface area contributed by atoms with Crippen molar-refractivity contribution in [1.29, 1.82) is 0 Å². The van der Waals surface area contributed by atoms with Gasteiger partial charge in [0.05, 0.1) is 0 Å². The first-order valence-corrected chi connectivity index (χ1v) is 5.99. The van der Waals surface area contributed by atoms with Crippen LogP contribution < -0.4 is 10.6 Å². The van der Waals surface area contributed by atoms with Gasteiger partial charge in [0.2, 0.25) is 0 Å². The summed E-state index contributed by atoms with van der Waals surface area (Å²) in [6, 6.07) is -0.514. The molecule has 1 aliphatic heterocycles. The molecule has 3 unspecified atom stereocenters. The fourth-order valence-corrected chi connectivity index (χ4v) is 2.45. The van der Waals surface area contributed by atoms with Gasteiger partial charge in [-0.2, -0.15) is 13.2 Å². The number of carbonyl (C=O) groups excluding carboxylic acids is 1. The van der Waals surface area contributed by atoms with E-state index in [9.17, 15) is 18.0 Å². The number of amides is 1. The first-order chi connectivity index (χ1) is 7.88. The van der Waals surface area contributed by atoms with Crippen LogP contribution in [-0.2, 0) is 4.79 Å². The molecule has 0 spiro atoms. The Morgan fingerprint density at radius 2 is 1.94 bits per heavy atom. The van der Waals surface area contributed by atoms with E-state index < -0.39 is 18.1 Å². The lowest BCUT2D eigenvalue weighted by Crippen LogP contribution is -2.57. The van der Waals surface area contributed by atoms with E-state index in [-0.39, 0.29) is 6.04 Å². The molecule has 98 valence electrons. The molecule has 2 rings (SSSR count). The smallest absolute Gasteiger partial charge is 0.344 e. The molecule has 3 atom stereocenters. The van der Waals surface area contributed by atoms with Crippen LogP contribution in [0.25, 0.3) is 0 Å². The van der Waals surface area contributed by atoms with E-state index in [0.29, 0.717) is 18.3 Å². The molecule has 2 fully saturated rings. The van der Waals surface area contributed by atoms with Crippen LogP contribution in [0, 0.1) is 11.8 Å². The summed E-state index contributed by atoms with van der Waals surface area (Å²) in [5.74, 6) is -0.780. The van der Waals surface area contributed by atoms with Gasteiger partial charge in [-0.25, -0.2) is 0 Å². The molecular formula is C11H17F3N2O. The molecule has 0 radical (unpaired) electrons. The minimum absolute atomic E-state index is 0.101. The largest absolute Gasteiger partial charge is 0.471 e. The van der Waals surface area contributed by atoms with Gasteiger partial charge >= 0.3 is 12.1 Å². The quantitative estimate of drug-likeness (QED) is 0.778. The molecule has 2 aliphatic rings. The van der Waals surface area contributed by atoms with Gasteiger partial charge in [-0.05, 0) is 44.6 Å². The van der Waals surface area contributed by atoms with Gasteiger partial charge in [-0.1, -0.05) is 0 Å². The number of piperidine rings is 1. The third kappa shape index (κ3) is 3.12. The highest BCUT2D eigenvalue weighted by atomic mass is 19.4. The van der Waals surface area contributed by atoms with Crippen molar-refractivity contribution in [2.45, 2.75) is 44.4 Å². The topological polar surface area (TPSA) is 41.1 Å². The van der Waals surface area contributed by atoms with Crippen molar-refractivity contribution in [2.24, 2.45) is 11.8 Å². The van der Waals surface area contributed by atoms with Crippen molar-refractivity contribution < 1.29 is 18.0 Å². The van der Waals surface area contributed by atoms with Gasteiger partial charge in [0, 0.05) is 12.1 Å². The fraction of sp³-hybridized carbons (Fsp3) is 0.909. The van der Waals surface area contributed by atoms with Crippen molar-refractivity contribution in [1.82, 2.24) is 10.6 Å². The average Bonchev–Trinajstić information content (AvgIpc) is 3.03. The van der Waals surface area contributed by atoms with E-state index in [1.807, 2.05) is 6.92 Å². The Balaban J connectivity index is 1.91. The molecule has 0 aromatic heterocycles. The SMILES string of the molecule is CC1NCC(C2CC2)CC1NC(=O)C(F)(F)F. The Bertz CT molecular complexity index is 302. The van der Waals surface area contributed by atoms with Crippen LogP contribution in [0.1, 0.15) is 26.2 Å². The summed E-state index contributed by atoms with van der Waals surface area (Å²) in [7, 11) is 0. The van der Waals surface area contributed by atoms with Crippen molar-refractivity contribution in [2.75, 3.05) is 6.54 Å². The van der Waals surface area contributed by atoms with E-state index in [1.54, 1.807) is 0 Å². The molecule has 1 saturated heterocycles. The number of halogens is 3. The van der Waals surface area contributed by atoms with E-state index in [2.05, 4.69) is 10.6 Å². The molecule has 0 aromatic rings. The van der Waals surface area contributed by atoms with Gasteiger partial charge in [-0.3, -0.25) is 4.79 Å². The summed E-state index contributed by atoms with van der Waals surface area (Å²) in [6.45, 7) is 2.66. The van der Waals surface area contributed by atoms with Crippen LogP contribution in [-0.4, -0.2) is 30.7 Å². The normalized spacial score (nSPS) is 34.5. The van der Waals surface area contributed by atoms with Crippen LogP contribution in [0.4, 0.5) is 13.2 Å². The molecule has 1 saturated carbocycles. The van der Waals surface area contributed by atoms with Crippen LogP contribution >= 0.6 is 0 Å². The van der Waals surface area contributed by atoms with Gasteiger partial charge in [0.15, 0.2) is 0 Å². The molecule has 17 heavy (non-hydrogen) atoms. The van der Waals surface area contributed by atoms with Crippen molar-refractivity contribution in [3.8, 4) is 0 Å². The first kappa shape index (κ1) is 12.7. The second kappa shape index (κ2) is 4.48. The Morgan fingerprint density at radius 1 is 1.29 bits per heavy atom. The lowest BCUT2D eigenvalue weighted by atomic mass is 9.87. The third-order valence-electron chi connectivity index (χ3n) is 3.72. The summed E-state index contributed by atoms with van der Waals surface area (Å²) in [6.07, 6.45) is -1.80. The van der Waals surface area contributed by atoms with E-state index in [1.165, 1.54) is 12.8 Å². The Morgan fingerprint density at radius 3 is 2.47 bits per heavy atom. The van der Waals surface area contributed by atoms with Gasteiger partial charge in [-0.15, -0.1) is 0 Å². The molecule has 3 nitrogen and oxygen atoms in total. The number of alkyl halides is 3. The van der Waals surface area contributed by atoms with Gasteiger partial charge in [0.25, 0.3) is 0 Å². The second-order valence-electron chi connectivity index (χ2n) is 5.11. The zero-order valence-electron chi connectivity index (χ0n) is 9.68. The minimum Gasteiger partial charge on any atom is -0.344 e. The number of rotatable bonds is 2. The molecule has 2 N–H and O–H groups in total. The van der Waals surface area contributed by atoms with Crippen LogP contribution in [0.2, 0.25) is 0 Å². The number of carbonyl (C=O) groups is 1. The number of hydrogen-bond donors (Lipinski definition) is 2. The zero-order valence-corrected chi connectivity index (χ0v) is 9.68. The predicted molar refractivity (Wildman–Crippen MR) is 56.3 cm³/mol. The first-order valence-electron chi connectivity index (χ1n) is 5.99. The summed E-state index contributed by atoms with van der Waals surface area (Å²) >= 11 is 0. The van der Waals surface area contributed by atoms with E-state index >= 15 is 0 Å². The standard InChI is InChI=1S/C11H17F3N2O/c1-6-9(16-10(17)11(12,13)14)4-8(5-15-6)7-2-3-7/h6-9,15H,2-5H2,1H3,(H,16,17). The lowest BCUT2D eigenvalue weighted by molar-refractivity contribution is -0.174. The summed E-state index contributed by atoms with van der Waals surface area (Å²) in [5, 5.41) is 5.27. The van der Waals surface area contributed by atoms with Crippen LogP contribution in [0.15, 0.2) is 0 Å². The summed E-state index contributed by atoms with van der Waals surface area (Å²) < 4.78 is 36.5. The summed E-state index contributed by atoms with van der Waals surface area (Å²) in [5.41, 5.74) is 0. The maximum Gasteiger partial charge on any atom is 0.471 e. The second-order valence-corrected chi connectivity index (χ2v) is 5.11. The monoisotopic (exact) mass is 250 g/mol. The zero-order chi connectivity index (χ0) is 12.6. The Kier molecular flexibility index (Phi) is 3.34. The lowest BCUT2D eigenvalue weighted by Gasteiger charge is -2.36. The molecule has 0 bridgehead atoms. The third-order valence-corrected chi connectivity index (χ3v) is 3.72. The molecule has 6 heteroatoms. The Hall–Kier alpha value is -0.780. The molecule has 1 aliphatic carbocycles. The van der Waals surface area contributed by atoms with E-state index in [4.69, 9.17) is 0 Å². The maximum absolute atomic E-state index is 12.2. The Labute approximate surface area is 98.1 Å². The highest BCUT2D eigenvalue weighted by molar-refractivity contribution is 5.82. The van der Waals surface area contributed by atoms with Gasteiger partial charge in [0.1, 0.15) is 0 Å². The van der Waals surface area contributed by atoms with Gasteiger partial charge < -0.3 is 10.6 Å². The fourth-order valence-electron chi connectivity index (χ4n) is 2.45. The molecular weight excluding hydrogens is 233 g/mol. The maximum atomic E-state index is 12.2. The van der Waals surface area contributed by atoms with Crippen LogP contribution in [0.5, 0.6) is 0 Å². The molecule has 0 aromatic carbocycles. The summed E-state index contributed by atoms with van der Waals surface area (Å²) in [4.78, 5) is 10.9. The van der Waals surface area contributed by atoms with Crippen molar-refractivity contribution in [3.05, 3.63) is 0 Å². The number of nitrogens with one attached hydrogen (secondary N) is 2. The van der Waals surface area contributed by atoms with Crippen LogP contribution in [0.3, 0.4) is 0 Å². The highest BCUT2D eigenvalue weighted by Gasteiger charge is 2.43. The molecule has 1 heterocycles. The highest BCUT2D eigenvalue weighted by Crippen LogP contribution is 2.40. The molecule has 1 amide bonds. The predicted octanol–water partition coefficient (Wildman–Crippen LogP) is 1.44. The minimum atomic E-state index is -4.79. The average molecular weight is 250 g/mol. The van der Waals surface area contributed by atoms with Crippen molar-refractivity contribution in [3.63, 3.8) is 0 Å². The number of hydrogen-bond acceptors (Lipinski definition) is 2.